The quantitative estimate of drug-likeness (QED) is 0.580. The van der Waals surface area contributed by atoms with Gasteiger partial charge in [0.25, 0.3) is 0 Å². The predicted octanol–water partition coefficient (Wildman–Crippen LogP) is 0.637. The summed E-state index contributed by atoms with van der Waals surface area (Å²) in [6.07, 6.45) is 3.23. The fraction of sp³-hybridized carbons (Fsp3) is 0.500. The van der Waals surface area contributed by atoms with Gasteiger partial charge in [-0.3, -0.25) is 0 Å². The van der Waals surface area contributed by atoms with Crippen molar-refractivity contribution in [3.63, 3.8) is 0 Å². The molecule has 0 spiro atoms. The number of imidazole rings is 1. The van der Waals surface area contributed by atoms with Gasteiger partial charge < -0.3 is 10.1 Å². The minimum atomic E-state index is -0.819. The molecule has 3 nitrogen and oxygen atoms in total. The second-order valence-electron chi connectivity index (χ2n) is 2.51. The Hall–Kier alpha value is -0.830. The van der Waals surface area contributed by atoms with Gasteiger partial charge in [0, 0.05) is 6.20 Å². The Labute approximate surface area is 53.7 Å². The number of nitrogens with zero attached hydrogens (tertiary/aromatic N) is 1. The van der Waals surface area contributed by atoms with Crippen molar-refractivity contribution in [3.8, 4) is 0 Å². The smallest absolute Gasteiger partial charge is 0.102 e. The van der Waals surface area contributed by atoms with Crippen molar-refractivity contribution >= 4 is 0 Å². The van der Waals surface area contributed by atoms with Crippen LogP contribution in [0.15, 0.2) is 12.5 Å². The van der Waals surface area contributed by atoms with Crippen molar-refractivity contribution < 1.29 is 5.11 Å². The van der Waals surface area contributed by atoms with Gasteiger partial charge in [0.2, 0.25) is 0 Å². The summed E-state index contributed by atoms with van der Waals surface area (Å²) in [5, 5.41) is 9.30. The Kier molecular flexibility index (Phi) is 1.29. The van der Waals surface area contributed by atoms with E-state index in [9.17, 15) is 5.11 Å². The zero-order chi connectivity index (χ0) is 6.91. The van der Waals surface area contributed by atoms with Gasteiger partial charge in [-0.15, -0.1) is 0 Å². The second-order valence-corrected chi connectivity index (χ2v) is 2.51. The standard InChI is InChI=1S/C6H10N2O/c1-6(2,9)5-3-7-4-8-5/h3-4,9H,1-2H3,(H,7,8). The third-order valence-electron chi connectivity index (χ3n) is 1.13. The largest absolute Gasteiger partial charge is 0.384 e. The molecule has 3 heteroatoms. The molecule has 0 aliphatic heterocycles. The topological polar surface area (TPSA) is 48.9 Å². The highest BCUT2D eigenvalue weighted by atomic mass is 16.3. The molecule has 9 heavy (non-hydrogen) atoms. The number of hydrogen-bond acceptors (Lipinski definition) is 2. The van der Waals surface area contributed by atoms with E-state index in [4.69, 9.17) is 0 Å². The van der Waals surface area contributed by atoms with E-state index >= 15 is 0 Å². The summed E-state index contributed by atoms with van der Waals surface area (Å²) in [7, 11) is 0. The molecule has 0 saturated carbocycles. The van der Waals surface area contributed by atoms with Gasteiger partial charge in [-0.1, -0.05) is 0 Å². The van der Waals surface area contributed by atoms with Crippen LogP contribution in [0.4, 0.5) is 0 Å². The monoisotopic (exact) mass is 126 g/mol. The molecule has 2 N–H and O–H groups in total. The minimum Gasteiger partial charge on any atom is -0.384 e. The van der Waals surface area contributed by atoms with E-state index < -0.39 is 5.60 Å². The molecular formula is C6H10N2O. The molecule has 0 aromatic carbocycles. The first-order chi connectivity index (χ1) is 4.11. The number of aliphatic hydroxyl groups is 1. The van der Waals surface area contributed by atoms with Crippen LogP contribution in [-0.4, -0.2) is 15.1 Å². The first-order valence-corrected chi connectivity index (χ1v) is 2.82. The molecule has 0 aliphatic rings. The molecule has 1 heterocycles. The minimum absolute atomic E-state index is 0.669. The van der Waals surface area contributed by atoms with Gasteiger partial charge in [-0.05, 0) is 13.8 Å². The normalized spacial score (nSPS) is 11.9. The summed E-state index contributed by atoms with van der Waals surface area (Å²) in [4.78, 5) is 6.65. The van der Waals surface area contributed by atoms with E-state index in [0.717, 1.165) is 0 Å². The Morgan fingerprint density at radius 3 is 2.56 bits per heavy atom. The van der Waals surface area contributed by atoms with Crippen LogP contribution in [0, 0.1) is 0 Å². The molecule has 0 saturated heterocycles. The van der Waals surface area contributed by atoms with Crippen LogP contribution in [-0.2, 0) is 5.60 Å². The SMILES string of the molecule is CC(C)(O)c1c[nH]cn1. The fourth-order valence-electron chi connectivity index (χ4n) is 0.595. The summed E-state index contributed by atoms with van der Waals surface area (Å²) < 4.78 is 0. The van der Waals surface area contributed by atoms with E-state index in [0.29, 0.717) is 5.69 Å². The highest BCUT2D eigenvalue weighted by Crippen LogP contribution is 2.14. The number of aromatic amines is 1. The van der Waals surface area contributed by atoms with Crippen LogP contribution in [0.5, 0.6) is 0 Å². The summed E-state index contributed by atoms with van der Waals surface area (Å²) in [6, 6.07) is 0. The van der Waals surface area contributed by atoms with Crippen molar-refractivity contribution in [3.05, 3.63) is 18.2 Å². The average molecular weight is 126 g/mol. The molecule has 1 aromatic heterocycles. The van der Waals surface area contributed by atoms with Crippen molar-refractivity contribution in [2.75, 3.05) is 0 Å². The van der Waals surface area contributed by atoms with Crippen molar-refractivity contribution in [2.45, 2.75) is 19.4 Å². The summed E-state index contributed by atoms with van der Waals surface area (Å²) >= 11 is 0. The number of rotatable bonds is 1. The molecule has 1 aromatic rings. The van der Waals surface area contributed by atoms with Crippen LogP contribution in [0.25, 0.3) is 0 Å². The maximum Gasteiger partial charge on any atom is 0.102 e. The molecule has 0 radical (unpaired) electrons. The molecule has 0 bridgehead atoms. The number of nitrogens with one attached hydrogen (secondary N) is 1. The van der Waals surface area contributed by atoms with Crippen molar-refractivity contribution in [1.29, 1.82) is 0 Å². The molecule has 0 amide bonds. The van der Waals surface area contributed by atoms with Crippen LogP contribution in [0.3, 0.4) is 0 Å². The van der Waals surface area contributed by atoms with E-state index in [2.05, 4.69) is 9.97 Å². The van der Waals surface area contributed by atoms with E-state index in [1.165, 1.54) is 0 Å². The lowest BCUT2D eigenvalue weighted by atomic mass is 10.1. The van der Waals surface area contributed by atoms with Crippen LogP contribution in [0.2, 0.25) is 0 Å². The predicted molar refractivity (Wildman–Crippen MR) is 33.8 cm³/mol. The Morgan fingerprint density at radius 1 is 1.67 bits per heavy atom. The first-order valence-electron chi connectivity index (χ1n) is 2.82. The Balaban J connectivity index is 2.90. The fourth-order valence-corrected chi connectivity index (χ4v) is 0.595. The highest BCUT2D eigenvalue weighted by molar-refractivity contribution is 5.03. The molecule has 0 atom stereocenters. The summed E-state index contributed by atoms with van der Waals surface area (Å²) in [5.41, 5.74) is -0.150. The van der Waals surface area contributed by atoms with Crippen LogP contribution >= 0.6 is 0 Å². The maximum absolute atomic E-state index is 9.30. The molecule has 0 fully saturated rings. The molecular weight excluding hydrogens is 116 g/mol. The zero-order valence-electron chi connectivity index (χ0n) is 5.55. The number of aromatic nitrogens is 2. The molecule has 50 valence electrons. The molecule has 0 aliphatic carbocycles. The summed E-state index contributed by atoms with van der Waals surface area (Å²) in [5.74, 6) is 0. The number of hydrogen-bond donors (Lipinski definition) is 2. The number of H-pyrrole nitrogens is 1. The second kappa shape index (κ2) is 1.84. The van der Waals surface area contributed by atoms with Gasteiger partial charge in [-0.2, -0.15) is 0 Å². The van der Waals surface area contributed by atoms with Crippen molar-refractivity contribution in [2.24, 2.45) is 0 Å². The van der Waals surface area contributed by atoms with Crippen LogP contribution < -0.4 is 0 Å². The van der Waals surface area contributed by atoms with E-state index in [1.807, 2.05) is 0 Å². The third kappa shape index (κ3) is 1.29. The zero-order valence-corrected chi connectivity index (χ0v) is 5.55. The summed E-state index contributed by atoms with van der Waals surface area (Å²) in [6.45, 7) is 3.40. The first kappa shape index (κ1) is 6.29. The van der Waals surface area contributed by atoms with Crippen molar-refractivity contribution in [1.82, 2.24) is 9.97 Å². The lowest BCUT2D eigenvalue weighted by Gasteiger charge is -2.12. The average Bonchev–Trinajstić information content (AvgIpc) is 2.08. The lowest BCUT2D eigenvalue weighted by molar-refractivity contribution is 0.0743. The van der Waals surface area contributed by atoms with Gasteiger partial charge in [0.1, 0.15) is 5.60 Å². The van der Waals surface area contributed by atoms with Gasteiger partial charge in [0.05, 0.1) is 12.0 Å². The highest BCUT2D eigenvalue weighted by Gasteiger charge is 2.16. The van der Waals surface area contributed by atoms with Gasteiger partial charge >= 0.3 is 0 Å². The third-order valence-corrected chi connectivity index (χ3v) is 1.13. The van der Waals surface area contributed by atoms with Crippen LogP contribution in [0.1, 0.15) is 19.5 Å². The Bertz CT molecular complexity index is 173. The van der Waals surface area contributed by atoms with Gasteiger partial charge in [0.15, 0.2) is 0 Å². The lowest BCUT2D eigenvalue weighted by Crippen LogP contribution is -2.15. The molecule has 1 rings (SSSR count). The Morgan fingerprint density at radius 2 is 2.33 bits per heavy atom. The van der Waals surface area contributed by atoms with Gasteiger partial charge in [-0.25, -0.2) is 4.98 Å². The van der Waals surface area contributed by atoms with E-state index in [-0.39, 0.29) is 0 Å². The maximum atomic E-state index is 9.30. The van der Waals surface area contributed by atoms with E-state index in [1.54, 1.807) is 26.4 Å². The molecule has 0 unspecified atom stereocenters.